The molecule has 1 aliphatic rings. The summed E-state index contributed by atoms with van der Waals surface area (Å²) in [5, 5.41) is 5.86. The first-order valence-corrected chi connectivity index (χ1v) is 10.5. The van der Waals surface area contributed by atoms with Crippen LogP contribution in [0.25, 0.3) is 0 Å². The van der Waals surface area contributed by atoms with Crippen molar-refractivity contribution >= 4 is 41.8 Å². The number of hydrogen-bond donors (Lipinski definition) is 3. The summed E-state index contributed by atoms with van der Waals surface area (Å²) in [7, 11) is 2.10. The normalized spacial score (nSPS) is 18.8. The second-order valence-electron chi connectivity index (χ2n) is 8.02. The minimum Gasteiger partial charge on any atom is -0.368 e. The first kappa shape index (κ1) is 26.2. The number of aliphatic imine (C=N–C) groups is 1. The molecule has 1 aromatic rings. The van der Waals surface area contributed by atoms with Gasteiger partial charge in [0.05, 0.1) is 13.1 Å². The van der Waals surface area contributed by atoms with Crippen LogP contribution >= 0.6 is 24.0 Å². The molecule has 1 aliphatic carbocycles. The second-order valence-corrected chi connectivity index (χ2v) is 8.02. The molecule has 30 heavy (non-hydrogen) atoms. The molecule has 0 saturated heterocycles. The highest BCUT2D eigenvalue weighted by Crippen LogP contribution is 2.28. The second kappa shape index (κ2) is 13.5. The number of primary amides is 1. The molecule has 0 bridgehead atoms. The van der Waals surface area contributed by atoms with Crippen LogP contribution in [0.3, 0.4) is 0 Å². The third-order valence-electron chi connectivity index (χ3n) is 5.41. The number of amides is 2. The van der Waals surface area contributed by atoms with E-state index in [0.29, 0.717) is 12.1 Å². The van der Waals surface area contributed by atoms with E-state index < -0.39 is 5.91 Å². The maximum atomic E-state index is 11.9. The van der Waals surface area contributed by atoms with Gasteiger partial charge in [0.2, 0.25) is 5.91 Å². The lowest BCUT2D eigenvalue weighted by Crippen LogP contribution is -2.41. The van der Waals surface area contributed by atoms with Crippen molar-refractivity contribution in [3.63, 3.8) is 0 Å². The quantitative estimate of drug-likeness (QED) is 0.274. The Kier molecular flexibility index (Phi) is 11.8. The molecule has 0 aliphatic heterocycles. The Morgan fingerprint density at radius 3 is 2.33 bits per heavy atom. The van der Waals surface area contributed by atoms with Crippen LogP contribution in [0.4, 0.5) is 0 Å². The van der Waals surface area contributed by atoms with Crippen molar-refractivity contribution in [2.24, 2.45) is 22.6 Å². The number of carbonyl (C=O) groups is 2. The summed E-state index contributed by atoms with van der Waals surface area (Å²) < 4.78 is 0. The van der Waals surface area contributed by atoms with Gasteiger partial charge in [0, 0.05) is 25.7 Å². The molecule has 0 heterocycles. The highest BCUT2D eigenvalue weighted by molar-refractivity contribution is 14.0. The predicted molar refractivity (Wildman–Crippen MR) is 132 cm³/mol. The smallest absolute Gasteiger partial charge is 0.251 e. The fourth-order valence-corrected chi connectivity index (χ4v) is 3.65. The number of nitrogens with zero attached hydrogens (tertiary/aromatic N) is 2. The Hall–Kier alpha value is -1.84. The number of carbonyl (C=O) groups excluding carboxylic acids is 2. The van der Waals surface area contributed by atoms with Gasteiger partial charge in [-0.25, -0.2) is 4.99 Å². The average molecular weight is 529 g/mol. The molecule has 0 radical (unpaired) electrons. The molecule has 2 rings (SSSR count). The zero-order chi connectivity index (χ0) is 21.2. The van der Waals surface area contributed by atoms with Crippen LogP contribution in [-0.4, -0.2) is 49.4 Å². The fraction of sp³-hybridized carbons (Fsp3) is 0.591. The van der Waals surface area contributed by atoms with Crippen LogP contribution in [0.5, 0.6) is 0 Å². The number of hydrogen-bond acceptors (Lipinski definition) is 3. The van der Waals surface area contributed by atoms with Gasteiger partial charge in [0.25, 0.3) is 5.91 Å². The third kappa shape index (κ3) is 8.89. The Balaban J connectivity index is 0.00000450. The lowest BCUT2D eigenvalue weighted by Gasteiger charge is -2.31. The van der Waals surface area contributed by atoms with Crippen molar-refractivity contribution in [1.29, 1.82) is 0 Å². The minimum absolute atomic E-state index is 0. The maximum Gasteiger partial charge on any atom is 0.251 e. The fourth-order valence-electron chi connectivity index (χ4n) is 3.65. The molecular formula is C22H36IN5O2. The molecule has 0 aromatic heterocycles. The van der Waals surface area contributed by atoms with Crippen LogP contribution < -0.4 is 16.4 Å². The zero-order valence-electron chi connectivity index (χ0n) is 18.3. The maximum absolute atomic E-state index is 11.9. The van der Waals surface area contributed by atoms with E-state index in [4.69, 9.17) is 10.7 Å². The van der Waals surface area contributed by atoms with Crippen molar-refractivity contribution in [3.8, 4) is 0 Å². The molecule has 2 amide bonds. The van der Waals surface area contributed by atoms with Crippen LogP contribution in [0.1, 0.15) is 55.5 Å². The Labute approximate surface area is 197 Å². The largest absolute Gasteiger partial charge is 0.368 e. The van der Waals surface area contributed by atoms with Gasteiger partial charge in [-0.05, 0) is 49.3 Å². The summed E-state index contributed by atoms with van der Waals surface area (Å²) >= 11 is 0. The lowest BCUT2D eigenvalue weighted by atomic mass is 9.83. The van der Waals surface area contributed by atoms with Crippen LogP contribution in [0.2, 0.25) is 0 Å². The van der Waals surface area contributed by atoms with Gasteiger partial charge in [-0.2, -0.15) is 0 Å². The molecule has 0 atom stereocenters. The van der Waals surface area contributed by atoms with E-state index in [1.165, 1.54) is 25.7 Å². The molecule has 168 valence electrons. The summed E-state index contributed by atoms with van der Waals surface area (Å²) in [6, 6.07) is 7.24. The van der Waals surface area contributed by atoms with Gasteiger partial charge in [-0.3, -0.25) is 9.59 Å². The van der Waals surface area contributed by atoms with Crippen molar-refractivity contribution in [1.82, 2.24) is 15.5 Å². The van der Waals surface area contributed by atoms with E-state index in [1.807, 2.05) is 12.1 Å². The van der Waals surface area contributed by atoms with Gasteiger partial charge >= 0.3 is 0 Å². The van der Waals surface area contributed by atoms with E-state index >= 15 is 0 Å². The lowest BCUT2D eigenvalue weighted by molar-refractivity contribution is -0.117. The molecular weight excluding hydrogens is 493 g/mol. The van der Waals surface area contributed by atoms with Gasteiger partial charge in [0.1, 0.15) is 0 Å². The standard InChI is InChI=1S/C22H35N5O2.HI/c1-4-24-22(27(3)15-18-7-5-16(2)6-8-18)26-13-17-9-11-19(12-10-17)21(29)25-14-20(23)28;/h9-12,16,18H,4-8,13-15H2,1-3H3,(H2,23,28)(H,24,26)(H,25,29);1H. The predicted octanol–water partition coefficient (Wildman–Crippen LogP) is 2.74. The van der Waals surface area contributed by atoms with Gasteiger partial charge in [-0.1, -0.05) is 31.9 Å². The summed E-state index contributed by atoms with van der Waals surface area (Å²) in [5.41, 5.74) is 6.56. The van der Waals surface area contributed by atoms with Gasteiger partial charge in [0.15, 0.2) is 5.96 Å². The zero-order valence-corrected chi connectivity index (χ0v) is 20.6. The molecule has 0 spiro atoms. The third-order valence-corrected chi connectivity index (χ3v) is 5.41. The SMILES string of the molecule is CCNC(=NCc1ccc(C(=O)NCC(N)=O)cc1)N(C)CC1CCC(C)CC1.I. The van der Waals surface area contributed by atoms with Gasteiger partial charge < -0.3 is 21.3 Å². The van der Waals surface area contributed by atoms with Crippen LogP contribution in [0.15, 0.2) is 29.3 Å². The van der Waals surface area contributed by atoms with Crippen molar-refractivity contribution in [3.05, 3.63) is 35.4 Å². The number of nitrogens with two attached hydrogens (primary N) is 1. The average Bonchev–Trinajstić information content (AvgIpc) is 2.71. The van der Waals surface area contributed by atoms with Crippen LogP contribution in [-0.2, 0) is 11.3 Å². The molecule has 1 aromatic carbocycles. The van der Waals surface area contributed by atoms with E-state index in [1.54, 1.807) is 12.1 Å². The molecule has 7 nitrogen and oxygen atoms in total. The highest BCUT2D eigenvalue weighted by Gasteiger charge is 2.20. The molecule has 4 N–H and O–H groups in total. The summed E-state index contributed by atoms with van der Waals surface area (Å²) in [6.07, 6.45) is 5.24. The number of benzene rings is 1. The van der Waals surface area contributed by atoms with E-state index in [0.717, 1.165) is 36.4 Å². The summed E-state index contributed by atoms with van der Waals surface area (Å²) in [6.45, 7) is 6.64. The number of halogens is 1. The number of nitrogens with one attached hydrogen (secondary N) is 2. The molecule has 1 saturated carbocycles. The first-order valence-electron chi connectivity index (χ1n) is 10.5. The Morgan fingerprint density at radius 2 is 1.77 bits per heavy atom. The molecule has 1 fully saturated rings. The number of guanidine groups is 1. The molecule has 0 unspecified atom stereocenters. The monoisotopic (exact) mass is 529 g/mol. The van der Waals surface area contributed by atoms with Crippen molar-refractivity contribution in [2.45, 2.75) is 46.1 Å². The van der Waals surface area contributed by atoms with Gasteiger partial charge in [-0.15, -0.1) is 24.0 Å². The first-order chi connectivity index (χ1) is 13.9. The highest BCUT2D eigenvalue weighted by atomic mass is 127. The minimum atomic E-state index is -0.563. The van der Waals surface area contributed by atoms with Crippen LogP contribution in [0, 0.1) is 11.8 Å². The van der Waals surface area contributed by atoms with E-state index in [9.17, 15) is 9.59 Å². The summed E-state index contributed by atoms with van der Waals surface area (Å²) in [5.74, 6) is 1.63. The Bertz CT molecular complexity index is 700. The van der Waals surface area contributed by atoms with Crippen molar-refractivity contribution in [2.75, 3.05) is 26.7 Å². The Morgan fingerprint density at radius 1 is 1.13 bits per heavy atom. The molecule has 8 heteroatoms. The van der Waals surface area contributed by atoms with Crippen molar-refractivity contribution < 1.29 is 9.59 Å². The van der Waals surface area contributed by atoms with E-state index in [-0.39, 0.29) is 36.4 Å². The number of rotatable bonds is 8. The van der Waals surface area contributed by atoms with E-state index in [2.05, 4.69) is 36.4 Å². The summed E-state index contributed by atoms with van der Waals surface area (Å²) in [4.78, 5) is 29.7. The topological polar surface area (TPSA) is 99.8 Å².